The second-order valence-corrected chi connectivity index (χ2v) is 9.07. The van der Waals surface area contributed by atoms with E-state index in [-0.39, 0.29) is 17.3 Å². The highest BCUT2D eigenvalue weighted by molar-refractivity contribution is 6.16. The number of fused-ring (bicyclic) bond motifs is 2. The van der Waals surface area contributed by atoms with E-state index in [4.69, 9.17) is 9.47 Å². The van der Waals surface area contributed by atoms with E-state index in [1.54, 1.807) is 19.3 Å². The predicted molar refractivity (Wildman–Crippen MR) is 137 cm³/mol. The first kappa shape index (κ1) is 22.7. The smallest absolute Gasteiger partial charge is 0.232 e. The van der Waals surface area contributed by atoms with Gasteiger partial charge in [-0.2, -0.15) is 0 Å². The highest BCUT2D eigenvalue weighted by Crippen LogP contribution is 2.42. The van der Waals surface area contributed by atoms with Crippen LogP contribution in [0.3, 0.4) is 0 Å². The average Bonchev–Trinajstić information content (AvgIpc) is 3.33. The van der Waals surface area contributed by atoms with Gasteiger partial charge in [-0.05, 0) is 55.4 Å². The second kappa shape index (κ2) is 8.96. The normalized spacial score (nSPS) is 14.1. The van der Waals surface area contributed by atoms with E-state index in [1.807, 2.05) is 68.2 Å². The van der Waals surface area contributed by atoms with Gasteiger partial charge in [0, 0.05) is 42.8 Å². The first-order valence-electron chi connectivity index (χ1n) is 11.5. The fraction of sp³-hybridized carbons (Fsp3) is 0.207. The molecule has 0 saturated heterocycles. The molecule has 0 radical (unpaired) electrons. The predicted octanol–water partition coefficient (Wildman–Crippen LogP) is 5.45. The number of ether oxygens (including phenoxy) is 2. The molecule has 5 rings (SSSR count). The number of rotatable bonds is 6. The first-order valence-corrected chi connectivity index (χ1v) is 11.5. The van der Waals surface area contributed by atoms with Crippen molar-refractivity contribution in [2.75, 3.05) is 14.2 Å². The van der Waals surface area contributed by atoms with Gasteiger partial charge in [0.1, 0.15) is 17.2 Å². The Bertz CT molecular complexity index is 1470. The number of methoxy groups -OCH3 is 1. The molecule has 2 heterocycles. The molecule has 0 fully saturated rings. The number of carbonyl (C=O) groups is 1. The zero-order valence-electron chi connectivity index (χ0n) is 20.3. The number of ketones is 1. The summed E-state index contributed by atoms with van der Waals surface area (Å²) in [4.78, 5) is 15.5. The molecule has 35 heavy (non-hydrogen) atoms. The monoisotopic (exact) mass is 468 g/mol. The molecule has 1 aromatic heterocycles. The van der Waals surface area contributed by atoms with Crippen LogP contribution >= 0.6 is 0 Å². The minimum atomic E-state index is -0.177. The van der Waals surface area contributed by atoms with E-state index >= 15 is 0 Å². The van der Waals surface area contributed by atoms with Crippen LogP contribution in [0.25, 0.3) is 17.0 Å². The zero-order valence-corrected chi connectivity index (χ0v) is 20.3. The Morgan fingerprint density at radius 1 is 1.11 bits per heavy atom. The van der Waals surface area contributed by atoms with E-state index < -0.39 is 0 Å². The van der Waals surface area contributed by atoms with Gasteiger partial charge >= 0.3 is 0 Å². The number of carbonyl (C=O) groups excluding carboxylic acids is 1. The van der Waals surface area contributed by atoms with E-state index in [2.05, 4.69) is 17.0 Å². The molecule has 4 aromatic rings. The molecule has 0 saturated carbocycles. The molecule has 1 aliphatic rings. The van der Waals surface area contributed by atoms with Crippen LogP contribution in [0.5, 0.6) is 17.2 Å². The Hall–Kier alpha value is -4.03. The van der Waals surface area contributed by atoms with Crippen molar-refractivity contribution in [3.63, 3.8) is 0 Å². The van der Waals surface area contributed by atoms with Gasteiger partial charge < -0.3 is 19.1 Å². The van der Waals surface area contributed by atoms with E-state index in [1.165, 1.54) is 5.56 Å². The number of benzene rings is 3. The maximum absolute atomic E-state index is 13.4. The van der Waals surface area contributed by atoms with Crippen LogP contribution in [-0.2, 0) is 20.1 Å². The number of nitrogens with zero attached hydrogens (tertiary/aromatic N) is 2. The van der Waals surface area contributed by atoms with Crippen molar-refractivity contribution in [1.29, 1.82) is 0 Å². The van der Waals surface area contributed by atoms with Gasteiger partial charge in [0.05, 0.1) is 18.2 Å². The van der Waals surface area contributed by atoms with Gasteiger partial charge in [-0.25, -0.2) is 0 Å². The molecule has 178 valence electrons. The van der Waals surface area contributed by atoms with Crippen LogP contribution in [0, 0.1) is 6.92 Å². The molecule has 0 unspecified atom stereocenters. The number of aromatic hydroxyl groups is 1. The van der Waals surface area contributed by atoms with Gasteiger partial charge in [0.2, 0.25) is 5.78 Å². The van der Waals surface area contributed by atoms with Crippen molar-refractivity contribution in [3.05, 3.63) is 94.4 Å². The summed E-state index contributed by atoms with van der Waals surface area (Å²) >= 11 is 0. The number of hydrogen-bond acceptors (Lipinski definition) is 5. The summed E-state index contributed by atoms with van der Waals surface area (Å²) in [5.74, 6) is 1.39. The standard InChI is InChI=1S/C29H28N2O4/c1-18-12-25(32)23(17-30(2)15-19-8-6-5-7-9-19)29-27(18)28(33)26(35-29)13-20-16-31(3)24-11-10-21(34-4)14-22(20)24/h5-14,16,32H,15,17H2,1-4H3/b26-13-. The Balaban J connectivity index is 1.51. The number of hydrogen-bond donors (Lipinski definition) is 1. The topological polar surface area (TPSA) is 63.9 Å². The van der Waals surface area contributed by atoms with Crippen molar-refractivity contribution in [2.45, 2.75) is 20.0 Å². The Kier molecular flexibility index (Phi) is 5.83. The number of phenolic OH excluding ortho intramolecular Hbond substituents is 1. The SMILES string of the molecule is COc1ccc2c(c1)c(/C=C1\Oc3c(CN(C)Cc4ccccc4)c(O)cc(C)c3C1=O)cn2C. The van der Waals surface area contributed by atoms with E-state index in [9.17, 15) is 9.90 Å². The third kappa shape index (κ3) is 4.17. The molecule has 0 bridgehead atoms. The third-order valence-corrected chi connectivity index (χ3v) is 6.46. The molecule has 0 aliphatic carbocycles. The second-order valence-electron chi connectivity index (χ2n) is 9.07. The Morgan fingerprint density at radius 3 is 2.63 bits per heavy atom. The van der Waals surface area contributed by atoms with Crippen LogP contribution in [0.15, 0.2) is 66.6 Å². The fourth-order valence-corrected chi connectivity index (χ4v) is 4.74. The minimum absolute atomic E-state index is 0.130. The maximum Gasteiger partial charge on any atom is 0.232 e. The van der Waals surface area contributed by atoms with Crippen LogP contribution < -0.4 is 9.47 Å². The van der Waals surface area contributed by atoms with Gasteiger partial charge in [-0.3, -0.25) is 9.69 Å². The number of aromatic nitrogens is 1. The Labute approximate surface area is 204 Å². The molecule has 0 spiro atoms. The first-order chi connectivity index (χ1) is 16.9. The van der Waals surface area contributed by atoms with Crippen LogP contribution in [0.4, 0.5) is 0 Å². The largest absolute Gasteiger partial charge is 0.507 e. The van der Waals surface area contributed by atoms with Gasteiger partial charge in [-0.15, -0.1) is 0 Å². The summed E-state index contributed by atoms with van der Waals surface area (Å²) in [5.41, 5.74) is 4.87. The van der Waals surface area contributed by atoms with E-state index in [0.717, 1.165) is 22.2 Å². The summed E-state index contributed by atoms with van der Waals surface area (Å²) in [6, 6.07) is 17.6. The fourth-order valence-electron chi connectivity index (χ4n) is 4.74. The number of allylic oxidation sites excluding steroid dienone is 1. The molecule has 0 amide bonds. The van der Waals surface area contributed by atoms with Crippen LogP contribution in [0.2, 0.25) is 0 Å². The lowest BCUT2D eigenvalue weighted by Crippen LogP contribution is -2.17. The average molecular weight is 469 g/mol. The maximum atomic E-state index is 13.4. The third-order valence-electron chi connectivity index (χ3n) is 6.46. The minimum Gasteiger partial charge on any atom is -0.507 e. The summed E-state index contributed by atoms with van der Waals surface area (Å²) < 4.78 is 13.6. The summed E-state index contributed by atoms with van der Waals surface area (Å²) in [5, 5.41) is 11.7. The quantitative estimate of drug-likeness (QED) is 0.381. The Morgan fingerprint density at radius 2 is 1.89 bits per heavy atom. The molecular weight excluding hydrogens is 440 g/mol. The molecule has 1 N–H and O–H groups in total. The van der Waals surface area contributed by atoms with Crippen LogP contribution in [-0.4, -0.2) is 34.5 Å². The molecule has 6 heteroatoms. The van der Waals surface area contributed by atoms with Crippen molar-refractivity contribution >= 4 is 22.8 Å². The summed E-state index contributed by atoms with van der Waals surface area (Å²) in [7, 11) is 5.58. The number of phenols is 1. The lowest BCUT2D eigenvalue weighted by molar-refractivity contribution is 0.101. The number of Topliss-reactive ketones (excluding diaryl/α,β-unsaturated/α-hetero) is 1. The lowest BCUT2D eigenvalue weighted by Gasteiger charge is -2.19. The summed E-state index contributed by atoms with van der Waals surface area (Å²) in [6.07, 6.45) is 3.74. The van der Waals surface area contributed by atoms with Crippen molar-refractivity contribution in [2.24, 2.45) is 7.05 Å². The zero-order chi connectivity index (χ0) is 24.7. The number of aryl methyl sites for hydroxylation is 2. The van der Waals surface area contributed by atoms with Gasteiger partial charge in [0.15, 0.2) is 5.76 Å². The lowest BCUT2D eigenvalue weighted by atomic mass is 9.99. The van der Waals surface area contributed by atoms with E-state index in [0.29, 0.717) is 35.5 Å². The molecule has 0 atom stereocenters. The highest BCUT2D eigenvalue weighted by atomic mass is 16.5. The van der Waals surface area contributed by atoms with Crippen molar-refractivity contribution < 1.29 is 19.4 Å². The highest BCUT2D eigenvalue weighted by Gasteiger charge is 2.33. The van der Waals surface area contributed by atoms with Crippen molar-refractivity contribution in [3.8, 4) is 17.2 Å². The van der Waals surface area contributed by atoms with Gasteiger partial charge in [0.25, 0.3) is 0 Å². The van der Waals surface area contributed by atoms with Gasteiger partial charge in [-0.1, -0.05) is 30.3 Å². The molecule has 1 aliphatic heterocycles. The molecule has 3 aromatic carbocycles. The van der Waals surface area contributed by atoms with Crippen molar-refractivity contribution in [1.82, 2.24) is 9.47 Å². The molecule has 6 nitrogen and oxygen atoms in total. The summed E-state index contributed by atoms with van der Waals surface area (Å²) in [6.45, 7) is 2.97. The molecular formula is C29H28N2O4. The van der Waals surface area contributed by atoms with Crippen LogP contribution in [0.1, 0.15) is 32.6 Å².